The summed E-state index contributed by atoms with van der Waals surface area (Å²) in [4.78, 5) is 11.8. The van der Waals surface area contributed by atoms with Crippen molar-refractivity contribution < 1.29 is 13.2 Å². The Morgan fingerprint density at radius 3 is 2.26 bits per heavy atom. The summed E-state index contributed by atoms with van der Waals surface area (Å²) in [5.74, 6) is 0.352. The summed E-state index contributed by atoms with van der Waals surface area (Å²) in [5, 5.41) is 3.95. The summed E-state index contributed by atoms with van der Waals surface area (Å²) in [7, 11) is 6.91. The third-order valence-corrected chi connectivity index (χ3v) is 2.69. The molecule has 19 heavy (non-hydrogen) atoms. The lowest BCUT2D eigenvalue weighted by molar-refractivity contribution is -0.137. The number of alkyl halides is 3. The van der Waals surface area contributed by atoms with Crippen LogP contribution in [-0.4, -0.2) is 22.2 Å². The maximum Gasteiger partial charge on any atom is 0.416 e. The Labute approximate surface area is 107 Å². The molecule has 0 unspecified atom stereocenters. The van der Waals surface area contributed by atoms with E-state index in [0.29, 0.717) is 5.82 Å². The van der Waals surface area contributed by atoms with Crippen LogP contribution in [0.3, 0.4) is 0 Å². The van der Waals surface area contributed by atoms with Crippen LogP contribution in [0, 0.1) is 0 Å². The van der Waals surface area contributed by atoms with Gasteiger partial charge in [0.1, 0.15) is 5.82 Å². The van der Waals surface area contributed by atoms with Crippen LogP contribution in [0.4, 0.5) is 13.2 Å². The summed E-state index contributed by atoms with van der Waals surface area (Å²) in [6.45, 7) is 0. The molecule has 0 saturated carbocycles. The molecule has 0 bridgehead atoms. The van der Waals surface area contributed by atoms with Crippen molar-refractivity contribution in [2.24, 2.45) is 7.05 Å². The van der Waals surface area contributed by atoms with Crippen molar-refractivity contribution in [2.45, 2.75) is 12.5 Å². The minimum absolute atomic E-state index is 0.0688. The van der Waals surface area contributed by atoms with Gasteiger partial charge in [-0.05, 0) is 30.6 Å². The van der Waals surface area contributed by atoms with Crippen LogP contribution < -0.4 is 5.69 Å². The summed E-state index contributed by atoms with van der Waals surface area (Å²) in [6.07, 6.45) is -4.34. The van der Waals surface area contributed by atoms with Crippen LogP contribution in [0.15, 0.2) is 29.1 Å². The molecular formula is C11H9BF3N3O. The van der Waals surface area contributed by atoms with Crippen LogP contribution in [0.5, 0.6) is 0 Å². The summed E-state index contributed by atoms with van der Waals surface area (Å²) >= 11 is 0. The molecule has 98 valence electrons. The highest BCUT2D eigenvalue weighted by atomic mass is 19.4. The Bertz CT molecular complexity index is 643. The van der Waals surface area contributed by atoms with E-state index in [1.54, 1.807) is 0 Å². The molecule has 2 radical (unpaired) electrons. The van der Waals surface area contributed by atoms with E-state index in [-0.39, 0.29) is 12.0 Å². The van der Waals surface area contributed by atoms with E-state index in [9.17, 15) is 18.0 Å². The third-order valence-electron chi connectivity index (χ3n) is 2.69. The van der Waals surface area contributed by atoms with E-state index in [0.717, 1.165) is 16.8 Å². The van der Waals surface area contributed by atoms with Crippen molar-refractivity contribution in [3.05, 3.63) is 46.1 Å². The number of nitrogens with zero attached hydrogens (tertiary/aromatic N) is 3. The molecule has 0 saturated heterocycles. The minimum atomic E-state index is -4.41. The van der Waals surface area contributed by atoms with Crippen LogP contribution in [0.25, 0.3) is 5.69 Å². The molecule has 8 heteroatoms. The maximum atomic E-state index is 12.4. The highest BCUT2D eigenvalue weighted by Gasteiger charge is 2.30. The second kappa shape index (κ2) is 4.60. The highest BCUT2D eigenvalue weighted by molar-refractivity contribution is 6.07. The molecular weight excluding hydrogens is 258 g/mol. The van der Waals surface area contributed by atoms with Crippen LogP contribution in [-0.2, 0) is 19.5 Å². The molecule has 1 aromatic carbocycles. The van der Waals surface area contributed by atoms with Gasteiger partial charge in [0.2, 0.25) is 0 Å². The Kier molecular flexibility index (Phi) is 3.26. The summed E-state index contributed by atoms with van der Waals surface area (Å²) in [5.41, 5.74) is -0.979. The summed E-state index contributed by atoms with van der Waals surface area (Å²) in [6, 6.07) is 4.19. The molecule has 2 rings (SSSR count). The van der Waals surface area contributed by atoms with Gasteiger partial charge >= 0.3 is 11.9 Å². The van der Waals surface area contributed by atoms with E-state index in [2.05, 4.69) is 5.10 Å². The number of aromatic nitrogens is 3. The molecule has 1 heterocycles. The second-order valence-corrected chi connectivity index (χ2v) is 3.92. The van der Waals surface area contributed by atoms with Gasteiger partial charge in [-0.25, -0.2) is 4.79 Å². The van der Waals surface area contributed by atoms with Gasteiger partial charge in [0.15, 0.2) is 0 Å². The van der Waals surface area contributed by atoms with E-state index >= 15 is 0 Å². The maximum absolute atomic E-state index is 12.4. The fourth-order valence-electron chi connectivity index (χ4n) is 1.62. The number of halogens is 3. The first-order valence-electron chi connectivity index (χ1n) is 5.37. The molecule has 0 spiro atoms. The molecule has 4 nitrogen and oxygen atoms in total. The first-order chi connectivity index (χ1) is 8.84. The monoisotopic (exact) mass is 267 g/mol. The number of hydrogen-bond donors (Lipinski definition) is 0. The molecule has 1 aromatic heterocycles. The van der Waals surface area contributed by atoms with Crippen molar-refractivity contribution in [2.75, 3.05) is 0 Å². The van der Waals surface area contributed by atoms with E-state index in [1.165, 1.54) is 23.7 Å². The first-order valence-corrected chi connectivity index (χ1v) is 5.37. The van der Waals surface area contributed by atoms with Crippen LogP contribution >= 0.6 is 0 Å². The van der Waals surface area contributed by atoms with Crippen molar-refractivity contribution >= 4 is 7.85 Å². The lowest BCUT2D eigenvalue weighted by Crippen LogP contribution is -2.22. The van der Waals surface area contributed by atoms with Gasteiger partial charge in [0, 0.05) is 7.05 Å². The smallest absolute Gasteiger partial charge is 0.282 e. The highest BCUT2D eigenvalue weighted by Crippen LogP contribution is 2.29. The Morgan fingerprint density at radius 1 is 1.26 bits per heavy atom. The van der Waals surface area contributed by atoms with Gasteiger partial charge in [-0.2, -0.15) is 23.0 Å². The normalized spacial score (nSPS) is 11.8. The third kappa shape index (κ3) is 2.43. The van der Waals surface area contributed by atoms with Crippen molar-refractivity contribution in [1.82, 2.24) is 14.3 Å². The first kappa shape index (κ1) is 13.4. The van der Waals surface area contributed by atoms with Crippen molar-refractivity contribution in [3.8, 4) is 5.69 Å². The lowest BCUT2D eigenvalue weighted by atomic mass is 10.1. The van der Waals surface area contributed by atoms with E-state index < -0.39 is 17.4 Å². The molecule has 0 aliphatic carbocycles. The Morgan fingerprint density at radius 2 is 1.84 bits per heavy atom. The summed E-state index contributed by atoms with van der Waals surface area (Å²) < 4.78 is 39.5. The number of hydrogen-bond acceptors (Lipinski definition) is 2. The zero-order valence-electron chi connectivity index (χ0n) is 9.98. The fourth-order valence-corrected chi connectivity index (χ4v) is 1.62. The fraction of sp³-hybridized carbons (Fsp3) is 0.273. The average molecular weight is 267 g/mol. The van der Waals surface area contributed by atoms with Crippen molar-refractivity contribution in [1.29, 1.82) is 0 Å². The zero-order valence-corrected chi connectivity index (χ0v) is 9.98. The van der Waals surface area contributed by atoms with Crippen molar-refractivity contribution in [3.63, 3.8) is 0 Å². The quantitative estimate of drug-likeness (QED) is 0.768. The molecule has 0 atom stereocenters. The standard InChI is InChI=1S/C11H9BF3N3O/c1-17-9(6-12)16-18(10(17)19)8-4-2-7(3-5-8)11(13,14)15/h2-5H,6H2,1H3. The van der Waals surface area contributed by atoms with E-state index in [4.69, 9.17) is 7.85 Å². The predicted molar refractivity (Wildman–Crippen MR) is 63.3 cm³/mol. The molecule has 0 N–H and O–H groups in total. The number of benzene rings is 1. The Hall–Kier alpha value is -1.99. The van der Waals surface area contributed by atoms with Gasteiger partial charge in [-0.3, -0.25) is 4.57 Å². The molecule has 0 fully saturated rings. The van der Waals surface area contributed by atoms with Gasteiger partial charge in [0.25, 0.3) is 0 Å². The van der Waals surface area contributed by atoms with Crippen LogP contribution in [0.1, 0.15) is 11.4 Å². The minimum Gasteiger partial charge on any atom is -0.282 e. The number of rotatable bonds is 2. The average Bonchev–Trinajstić information content (AvgIpc) is 2.65. The lowest BCUT2D eigenvalue weighted by Gasteiger charge is -2.06. The zero-order chi connectivity index (χ0) is 14.2. The molecule has 0 aliphatic heterocycles. The van der Waals surface area contributed by atoms with E-state index in [1.807, 2.05) is 0 Å². The topological polar surface area (TPSA) is 39.8 Å². The van der Waals surface area contributed by atoms with Gasteiger partial charge in [-0.15, -0.1) is 0 Å². The molecule has 2 aromatic rings. The molecule has 0 amide bonds. The Balaban J connectivity index is 2.46. The van der Waals surface area contributed by atoms with Crippen LogP contribution in [0.2, 0.25) is 0 Å². The molecule has 0 aliphatic rings. The SMILES string of the molecule is [B]Cc1nn(-c2ccc(C(F)(F)F)cc2)c(=O)n1C. The largest absolute Gasteiger partial charge is 0.416 e. The van der Waals surface area contributed by atoms with Gasteiger partial charge in [0.05, 0.1) is 19.1 Å². The van der Waals surface area contributed by atoms with Gasteiger partial charge < -0.3 is 0 Å². The van der Waals surface area contributed by atoms with Gasteiger partial charge in [-0.1, -0.05) is 0 Å². The second-order valence-electron chi connectivity index (χ2n) is 3.92. The predicted octanol–water partition coefficient (Wildman–Crippen LogP) is 1.26.